The number of nitrogens with zero attached hydrogens (tertiary/aromatic N) is 2. The normalized spacial score (nSPS) is 12.1. The first-order chi connectivity index (χ1) is 6.07. The lowest BCUT2D eigenvalue weighted by molar-refractivity contribution is 0.448. The van der Waals surface area contributed by atoms with E-state index >= 15 is 0 Å². The molecule has 2 heterocycles. The van der Waals surface area contributed by atoms with Gasteiger partial charge in [0.15, 0.2) is 0 Å². The summed E-state index contributed by atoms with van der Waals surface area (Å²) in [5, 5.41) is 3.95. The molecule has 68 valence electrons. The molecule has 2 aromatic heterocycles. The molecule has 0 unspecified atom stereocenters. The largest absolute Gasteiger partial charge is 0.336 e. The minimum absolute atomic E-state index is 0.0649. The highest BCUT2D eigenvalue weighted by atomic mass is 35.7. The Hall–Kier alpha value is -1.14. The standard InChI is InChI=1S/C6H3ClN2O3S/c7-13(10,11)5-1-4-2-9-12-6(4)8-3-5/h1-3H. The van der Waals surface area contributed by atoms with E-state index < -0.39 is 9.05 Å². The second-order valence-corrected chi connectivity index (χ2v) is 4.89. The zero-order chi connectivity index (χ0) is 9.47. The number of halogens is 1. The highest BCUT2D eigenvalue weighted by molar-refractivity contribution is 8.13. The molecule has 0 aliphatic carbocycles. The quantitative estimate of drug-likeness (QED) is 0.672. The molecule has 0 aromatic carbocycles. The van der Waals surface area contributed by atoms with Gasteiger partial charge in [0.2, 0.25) is 0 Å². The molecule has 0 aliphatic rings. The van der Waals surface area contributed by atoms with Gasteiger partial charge in [-0.1, -0.05) is 5.16 Å². The summed E-state index contributed by atoms with van der Waals surface area (Å²) in [7, 11) is 1.38. The number of fused-ring (bicyclic) bond motifs is 1. The van der Waals surface area contributed by atoms with Gasteiger partial charge in [-0.2, -0.15) is 0 Å². The van der Waals surface area contributed by atoms with Crippen LogP contribution in [0, 0.1) is 0 Å². The van der Waals surface area contributed by atoms with Crippen molar-refractivity contribution < 1.29 is 12.9 Å². The lowest BCUT2D eigenvalue weighted by Crippen LogP contribution is -1.90. The third kappa shape index (κ3) is 1.50. The van der Waals surface area contributed by atoms with Gasteiger partial charge >= 0.3 is 0 Å². The summed E-state index contributed by atoms with van der Waals surface area (Å²) < 4.78 is 26.4. The van der Waals surface area contributed by atoms with Crippen LogP contribution in [-0.4, -0.2) is 18.6 Å². The lowest BCUT2D eigenvalue weighted by Gasteiger charge is -1.92. The molecule has 2 rings (SSSR count). The SMILES string of the molecule is O=S(=O)(Cl)c1cnc2oncc2c1. The molecule has 0 spiro atoms. The first-order valence-electron chi connectivity index (χ1n) is 3.22. The third-order valence-corrected chi connectivity index (χ3v) is 2.79. The highest BCUT2D eigenvalue weighted by Crippen LogP contribution is 2.18. The molecule has 2 aromatic rings. The molecule has 13 heavy (non-hydrogen) atoms. The van der Waals surface area contributed by atoms with Gasteiger partial charge in [0.05, 0.1) is 17.8 Å². The molecule has 0 saturated heterocycles. The van der Waals surface area contributed by atoms with Crippen LogP contribution in [0.5, 0.6) is 0 Å². The van der Waals surface area contributed by atoms with Gasteiger partial charge in [0, 0.05) is 10.7 Å². The van der Waals surface area contributed by atoms with Crippen LogP contribution in [0.4, 0.5) is 0 Å². The Morgan fingerprint density at radius 1 is 1.38 bits per heavy atom. The monoisotopic (exact) mass is 218 g/mol. The maximum atomic E-state index is 10.9. The van der Waals surface area contributed by atoms with Gasteiger partial charge < -0.3 is 4.52 Å². The van der Waals surface area contributed by atoms with Gasteiger partial charge in [0.25, 0.3) is 14.8 Å². The van der Waals surface area contributed by atoms with Crippen LogP contribution in [0.2, 0.25) is 0 Å². The maximum absolute atomic E-state index is 10.9. The number of aromatic nitrogens is 2. The van der Waals surface area contributed by atoms with Crippen LogP contribution in [0.15, 0.2) is 27.9 Å². The summed E-state index contributed by atoms with van der Waals surface area (Å²) in [6.07, 6.45) is 2.49. The van der Waals surface area contributed by atoms with Crippen molar-refractivity contribution in [2.45, 2.75) is 4.90 Å². The van der Waals surface area contributed by atoms with Gasteiger partial charge in [-0.05, 0) is 6.07 Å². The van der Waals surface area contributed by atoms with E-state index in [4.69, 9.17) is 10.7 Å². The number of pyridine rings is 1. The highest BCUT2D eigenvalue weighted by Gasteiger charge is 2.12. The molecule has 5 nitrogen and oxygen atoms in total. The molecule has 0 atom stereocenters. The second-order valence-electron chi connectivity index (χ2n) is 2.33. The predicted molar refractivity (Wildman–Crippen MR) is 44.8 cm³/mol. The lowest BCUT2D eigenvalue weighted by atomic mass is 10.4. The van der Waals surface area contributed by atoms with E-state index in [9.17, 15) is 8.42 Å². The van der Waals surface area contributed by atoms with Crippen molar-refractivity contribution in [1.82, 2.24) is 10.1 Å². The van der Waals surface area contributed by atoms with E-state index in [1.807, 2.05) is 0 Å². The molecular weight excluding hydrogens is 216 g/mol. The topological polar surface area (TPSA) is 73.1 Å². The number of hydrogen-bond acceptors (Lipinski definition) is 5. The minimum Gasteiger partial charge on any atom is -0.336 e. The fraction of sp³-hybridized carbons (Fsp3) is 0. The van der Waals surface area contributed by atoms with E-state index in [0.29, 0.717) is 5.39 Å². The maximum Gasteiger partial charge on any atom is 0.262 e. The Balaban J connectivity index is 2.75. The molecule has 0 amide bonds. The summed E-state index contributed by atoms with van der Waals surface area (Å²) >= 11 is 0. The van der Waals surface area contributed by atoms with Crippen LogP contribution in [0.3, 0.4) is 0 Å². The first kappa shape index (κ1) is 8.46. The second kappa shape index (κ2) is 2.68. The van der Waals surface area contributed by atoms with Crippen LogP contribution in [0.25, 0.3) is 11.1 Å². The molecule has 0 aliphatic heterocycles. The van der Waals surface area contributed by atoms with Crippen molar-refractivity contribution >= 4 is 30.8 Å². The van der Waals surface area contributed by atoms with E-state index in [0.717, 1.165) is 6.20 Å². The minimum atomic E-state index is -3.73. The van der Waals surface area contributed by atoms with Crippen molar-refractivity contribution in [2.75, 3.05) is 0 Å². The summed E-state index contributed by atoms with van der Waals surface area (Å²) in [6, 6.07) is 1.35. The molecule has 0 N–H and O–H groups in total. The molecule has 0 fully saturated rings. The molecule has 0 bridgehead atoms. The van der Waals surface area contributed by atoms with E-state index in [2.05, 4.69) is 14.7 Å². The Bertz CT molecular complexity index is 548. The van der Waals surface area contributed by atoms with Crippen molar-refractivity contribution in [2.24, 2.45) is 0 Å². The zero-order valence-corrected chi connectivity index (χ0v) is 7.71. The molecule has 0 radical (unpaired) electrons. The average Bonchev–Trinajstić information content (AvgIpc) is 2.47. The van der Waals surface area contributed by atoms with Crippen molar-refractivity contribution in [3.05, 3.63) is 18.5 Å². The zero-order valence-electron chi connectivity index (χ0n) is 6.14. The van der Waals surface area contributed by atoms with Crippen molar-refractivity contribution in [3.8, 4) is 0 Å². The van der Waals surface area contributed by atoms with Crippen molar-refractivity contribution in [3.63, 3.8) is 0 Å². The fourth-order valence-electron chi connectivity index (χ4n) is 0.884. The Kier molecular flexibility index (Phi) is 1.74. The first-order valence-corrected chi connectivity index (χ1v) is 5.53. The van der Waals surface area contributed by atoms with Crippen LogP contribution in [-0.2, 0) is 9.05 Å². The molecule has 0 saturated carbocycles. The predicted octanol–water partition coefficient (Wildman–Crippen LogP) is 1.15. The van der Waals surface area contributed by atoms with E-state index in [-0.39, 0.29) is 10.6 Å². The van der Waals surface area contributed by atoms with Crippen LogP contribution in [0.1, 0.15) is 0 Å². The van der Waals surface area contributed by atoms with Crippen molar-refractivity contribution in [1.29, 1.82) is 0 Å². The van der Waals surface area contributed by atoms with Gasteiger partial charge in [-0.3, -0.25) is 0 Å². The van der Waals surface area contributed by atoms with Gasteiger partial charge in [0.1, 0.15) is 4.90 Å². The van der Waals surface area contributed by atoms with Gasteiger partial charge in [-0.25, -0.2) is 13.4 Å². The molecule has 7 heteroatoms. The van der Waals surface area contributed by atoms with E-state index in [1.54, 1.807) is 0 Å². The Morgan fingerprint density at radius 3 is 2.85 bits per heavy atom. The Labute approximate surface area is 77.7 Å². The summed E-state index contributed by atoms with van der Waals surface area (Å²) in [5.41, 5.74) is 0.282. The Morgan fingerprint density at radius 2 is 2.15 bits per heavy atom. The summed E-state index contributed by atoms with van der Waals surface area (Å²) in [6.45, 7) is 0. The molecular formula is C6H3ClN2O3S. The smallest absolute Gasteiger partial charge is 0.262 e. The van der Waals surface area contributed by atoms with Crippen LogP contribution >= 0.6 is 10.7 Å². The number of rotatable bonds is 1. The fourth-order valence-corrected chi connectivity index (χ4v) is 1.58. The summed E-state index contributed by atoms with van der Waals surface area (Å²) in [4.78, 5) is 3.65. The summed E-state index contributed by atoms with van der Waals surface area (Å²) in [5.74, 6) is 0. The average molecular weight is 219 g/mol. The van der Waals surface area contributed by atoms with Crippen LogP contribution < -0.4 is 0 Å². The van der Waals surface area contributed by atoms with E-state index in [1.165, 1.54) is 12.3 Å². The third-order valence-electron chi connectivity index (χ3n) is 1.47. The number of hydrogen-bond donors (Lipinski definition) is 0. The van der Waals surface area contributed by atoms with Gasteiger partial charge in [-0.15, -0.1) is 0 Å².